The Morgan fingerprint density at radius 1 is 1.38 bits per heavy atom. The summed E-state index contributed by atoms with van der Waals surface area (Å²) in [4.78, 5) is 0.0960. The van der Waals surface area contributed by atoms with Crippen LogP contribution in [0.1, 0.15) is 17.0 Å². The summed E-state index contributed by atoms with van der Waals surface area (Å²) in [6.45, 7) is 3.69. The van der Waals surface area contributed by atoms with Gasteiger partial charge in [-0.05, 0) is 32.0 Å². The predicted molar refractivity (Wildman–Crippen MR) is 80.5 cm³/mol. The van der Waals surface area contributed by atoms with Gasteiger partial charge in [-0.1, -0.05) is 16.8 Å². The number of halogens is 1. The average molecular weight is 330 g/mol. The number of benzene rings is 1. The minimum Gasteiger partial charge on any atom is -0.397 e. The van der Waals surface area contributed by atoms with E-state index < -0.39 is 10.0 Å². The predicted octanol–water partition coefficient (Wildman–Crippen LogP) is 2.35. The van der Waals surface area contributed by atoms with Crippen molar-refractivity contribution in [1.29, 1.82) is 0 Å². The first-order valence-electron chi connectivity index (χ1n) is 6.16. The molecule has 6 nitrogen and oxygen atoms in total. The normalized spacial score (nSPS) is 12.0. The quantitative estimate of drug-likeness (QED) is 0.870. The summed E-state index contributed by atoms with van der Waals surface area (Å²) in [7, 11) is -2.17. The lowest BCUT2D eigenvalue weighted by Gasteiger charge is -2.17. The number of anilines is 1. The highest BCUT2D eigenvalue weighted by atomic mass is 35.5. The molecule has 21 heavy (non-hydrogen) atoms. The Labute approximate surface area is 128 Å². The van der Waals surface area contributed by atoms with E-state index in [1.165, 1.54) is 29.6 Å². The highest BCUT2D eigenvalue weighted by Crippen LogP contribution is 2.25. The Hall–Kier alpha value is -1.57. The smallest absolute Gasteiger partial charge is 0.243 e. The average Bonchev–Trinajstić information content (AvgIpc) is 2.73. The van der Waals surface area contributed by atoms with Crippen LogP contribution in [0.15, 0.2) is 27.6 Å². The topological polar surface area (TPSA) is 89.4 Å². The highest BCUT2D eigenvalue weighted by Gasteiger charge is 2.24. The lowest BCUT2D eigenvalue weighted by Crippen LogP contribution is -2.27. The summed E-state index contributed by atoms with van der Waals surface area (Å²) in [6, 6.07) is 4.24. The van der Waals surface area contributed by atoms with Crippen LogP contribution in [0.5, 0.6) is 0 Å². The molecule has 0 saturated heterocycles. The van der Waals surface area contributed by atoms with Crippen molar-refractivity contribution in [3.05, 3.63) is 40.2 Å². The van der Waals surface area contributed by atoms with Crippen LogP contribution in [-0.2, 0) is 16.6 Å². The van der Waals surface area contributed by atoms with Gasteiger partial charge in [0.25, 0.3) is 0 Å². The van der Waals surface area contributed by atoms with Gasteiger partial charge in [0, 0.05) is 19.2 Å². The molecule has 8 heteroatoms. The fourth-order valence-corrected chi connectivity index (χ4v) is 3.19. The van der Waals surface area contributed by atoms with Gasteiger partial charge in [-0.15, -0.1) is 0 Å². The number of aryl methyl sites for hydroxylation is 2. The van der Waals surface area contributed by atoms with Gasteiger partial charge in [-0.2, -0.15) is 4.31 Å². The van der Waals surface area contributed by atoms with Gasteiger partial charge in [-0.3, -0.25) is 0 Å². The van der Waals surface area contributed by atoms with Gasteiger partial charge >= 0.3 is 0 Å². The molecule has 2 rings (SSSR count). The third-order valence-electron chi connectivity index (χ3n) is 3.24. The maximum Gasteiger partial charge on any atom is 0.243 e. The number of sulfonamides is 1. The number of rotatable bonds is 4. The zero-order chi connectivity index (χ0) is 15.8. The van der Waals surface area contributed by atoms with Crippen molar-refractivity contribution in [3.63, 3.8) is 0 Å². The van der Waals surface area contributed by atoms with E-state index >= 15 is 0 Å². The summed E-state index contributed by atoms with van der Waals surface area (Å²) < 4.78 is 31.3. The minimum absolute atomic E-state index is 0.0960. The van der Waals surface area contributed by atoms with Crippen LogP contribution in [0.2, 0.25) is 5.02 Å². The molecule has 1 aromatic carbocycles. The second-order valence-electron chi connectivity index (χ2n) is 4.75. The number of hydrogen-bond acceptors (Lipinski definition) is 5. The molecule has 1 aromatic heterocycles. The van der Waals surface area contributed by atoms with Gasteiger partial charge < -0.3 is 10.3 Å². The molecule has 0 aliphatic rings. The van der Waals surface area contributed by atoms with Crippen molar-refractivity contribution in [3.8, 4) is 0 Å². The molecule has 0 aliphatic carbocycles. The second kappa shape index (κ2) is 5.67. The first kappa shape index (κ1) is 15.8. The fourth-order valence-electron chi connectivity index (χ4n) is 1.90. The first-order valence-corrected chi connectivity index (χ1v) is 7.98. The van der Waals surface area contributed by atoms with E-state index in [2.05, 4.69) is 5.16 Å². The molecule has 0 unspecified atom stereocenters. The van der Waals surface area contributed by atoms with Gasteiger partial charge in [-0.25, -0.2) is 8.42 Å². The Balaban J connectivity index is 2.32. The SMILES string of the molecule is Cc1noc(C)c1CN(C)S(=O)(=O)c1ccc(Cl)c(N)c1. The summed E-state index contributed by atoms with van der Waals surface area (Å²) in [5, 5.41) is 4.14. The molecule has 0 bridgehead atoms. The Bertz CT molecular complexity index is 751. The second-order valence-corrected chi connectivity index (χ2v) is 7.20. The molecule has 0 aliphatic heterocycles. The third-order valence-corrected chi connectivity index (χ3v) is 5.38. The monoisotopic (exact) mass is 329 g/mol. The van der Waals surface area contributed by atoms with Crippen molar-refractivity contribution >= 4 is 27.3 Å². The number of nitrogens with two attached hydrogens (primary N) is 1. The van der Waals surface area contributed by atoms with Crippen LogP contribution in [0.3, 0.4) is 0 Å². The zero-order valence-corrected chi connectivity index (χ0v) is 13.5. The largest absolute Gasteiger partial charge is 0.397 e. The van der Waals surface area contributed by atoms with Crippen molar-refractivity contribution in [2.75, 3.05) is 12.8 Å². The highest BCUT2D eigenvalue weighted by molar-refractivity contribution is 7.89. The van der Waals surface area contributed by atoms with Crippen LogP contribution in [0.4, 0.5) is 5.69 Å². The summed E-state index contributed by atoms with van der Waals surface area (Å²) >= 11 is 5.81. The minimum atomic E-state index is -3.66. The van der Waals surface area contributed by atoms with E-state index in [1.54, 1.807) is 13.8 Å². The molecule has 2 N–H and O–H groups in total. The maximum atomic E-state index is 12.5. The van der Waals surface area contributed by atoms with Crippen molar-refractivity contribution < 1.29 is 12.9 Å². The summed E-state index contributed by atoms with van der Waals surface area (Å²) in [6.07, 6.45) is 0. The van der Waals surface area contributed by atoms with Crippen molar-refractivity contribution in [1.82, 2.24) is 9.46 Å². The summed E-state index contributed by atoms with van der Waals surface area (Å²) in [5.74, 6) is 0.602. The van der Waals surface area contributed by atoms with Gasteiger partial charge in [0.05, 0.1) is 21.3 Å². The van der Waals surface area contributed by atoms with Gasteiger partial charge in [0.2, 0.25) is 10.0 Å². The molecule has 1 heterocycles. The molecule has 114 valence electrons. The van der Waals surface area contributed by atoms with Crippen LogP contribution in [0.25, 0.3) is 0 Å². The maximum absolute atomic E-state index is 12.5. The van der Waals surface area contributed by atoms with E-state index in [0.29, 0.717) is 16.5 Å². The lowest BCUT2D eigenvalue weighted by molar-refractivity contribution is 0.390. The molecule has 0 spiro atoms. The Kier molecular flexibility index (Phi) is 4.27. The van der Waals surface area contributed by atoms with Gasteiger partial charge in [0.15, 0.2) is 0 Å². The van der Waals surface area contributed by atoms with E-state index in [4.69, 9.17) is 21.9 Å². The molecular formula is C13H16ClN3O3S. The van der Waals surface area contributed by atoms with E-state index in [1.807, 2.05) is 0 Å². The molecule has 0 saturated carbocycles. The Morgan fingerprint density at radius 2 is 2.05 bits per heavy atom. The van der Waals surface area contributed by atoms with Crippen LogP contribution in [0, 0.1) is 13.8 Å². The van der Waals surface area contributed by atoms with Crippen molar-refractivity contribution in [2.45, 2.75) is 25.3 Å². The van der Waals surface area contributed by atoms with Crippen LogP contribution >= 0.6 is 11.6 Å². The third kappa shape index (κ3) is 3.04. The van der Waals surface area contributed by atoms with Crippen LogP contribution < -0.4 is 5.73 Å². The van der Waals surface area contributed by atoms with Crippen molar-refractivity contribution in [2.24, 2.45) is 0 Å². The standard InChI is InChI=1S/C13H16ClN3O3S/c1-8-11(9(2)20-16-8)7-17(3)21(18,19)10-4-5-12(14)13(15)6-10/h4-6H,7,15H2,1-3H3. The number of aromatic nitrogens is 1. The van der Waals surface area contributed by atoms with Crippen LogP contribution in [-0.4, -0.2) is 24.9 Å². The number of nitrogen functional groups attached to an aromatic ring is 1. The van der Waals surface area contributed by atoms with E-state index in [-0.39, 0.29) is 17.1 Å². The molecule has 0 amide bonds. The molecule has 0 fully saturated rings. The van der Waals surface area contributed by atoms with E-state index in [0.717, 1.165) is 5.56 Å². The van der Waals surface area contributed by atoms with Gasteiger partial charge in [0.1, 0.15) is 5.76 Å². The fraction of sp³-hybridized carbons (Fsp3) is 0.308. The molecule has 2 aromatic rings. The molecule has 0 radical (unpaired) electrons. The first-order chi connectivity index (χ1) is 9.73. The molecular weight excluding hydrogens is 314 g/mol. The molecule has 0 atom stereocenters. The number of nitrogens with zero attached hydrogens (tertiary/aromatic N) is 2. The zero-order valence-electron chi connectivity index (χ0n) is 11.9. The lowest BCUT2D eigenvalue weighted by atomic mass is 10.2. The summed E-state index contributed by atoms with van der Waals surface area (Å²) in [5.41, 5.74) is 7.31. The Morgan fingerprint density at radius 3 is 2.57 bits per heavy atom. The number of hydrogen-bond donors (Lipinski definition) is 1. The van der Waals surface area contributed by atoms with E-state index in [9.17, 15) is 8.42 Å².